The van der Waals surface area contributed by atoms with Crippen molar-refractivity contribution in [2.24, 2.45) is 0 Å². The molecule has 4 atom stereocenters. The van der Waals surface area contributed by atoms with Gasteiger partial charge in [0, 0.05) is 12.4 Å². The molecular formula is C31H25N5O8. The molecule has 2 aromatic heterocycles. The molecule has 13 heteroatoms. The Hall–Kier alpha value is -5.82. The summed E-state index contributed by atoms with van der Waals surface area (Å²) in [6.45, 7) is -0.368. The third-order valence-corrected chi connectivity index (χ3v) is 6.91. The highest BCUT2D eigenvalue weighted by molar-refractivity contribution is 5.91. The third kappa shape index (κ3) is 5.76. The van der Waals surface area contributed by atoms with Crippen molar-refractivity contribution in [1.29, 1.82) is 0 Å². The fourth-order valence-electron chi connectivity index (χ4n) is 4.82. The second-order valence-corrected chi connectivity index (χ2v) is 9.74. The zero-order valence-electron chi connectivity index (χ0n) is 23.0. The van der Waals surface area contributed by atoms with Crippen LogP contribution in [0.4, 0.5) is 5.95 Å². The van der Waals surface area contributed by atoms with Gasteiger partial charge < -0.3 is 24.7 Å². The zero-order chi connectivity index (χ0) is 30.6. The van der Waals surface area contributed by atoms with E-state index in [0.717, 1.165) is 4.40 Å². The highest BCUT2D eigenvalue weighted by Crippen LogP contribution is 2.36. The molecule has 3 heterocycles. The van der Waals surface area contributed by atoms with Crippen LogP contribution in [-0.2, 0) is 18.9 Å². The Balaban J connectivity index is 1.39. The van der Waals surface area contributed by atoms with Crippen LogP contribution in [0.5, 0.6) is 0 Å². The van der Waals surface area contributed by atoms with Crippen LogP contribution < -0.4 is 11.4 Å². The van der Waals surface area contributed by atoms with Crippen LogP contribution in [0.3, 0.4) is 0 Å². The predicted octanol–water partition coefficient (Wildman–Crippen LogP) is 2.68. The fourth-order valence-corrected chi connectivity index (χ4v) is 4.82. The lowest BCUT2D eigenvalue weighted by Gasteiger charge is -2.25. The number of hydrogen-bond acceptors (Lipinski definition) is 11. The highest BCUT2D eigenvalue weighted by atomic mass is 16.7. The van der Waals surface area contributed by atoms with Crippen molar-refractivity contribution in [2.45, 2.75) is 24.5 Å². The smallest absolute Gasteiger partial charge is 0.357 e. The number of nitrogens with zero attached hydrogens (tertiary/aromatic N) is 4. The molecule has 1 aliphatic rings. The van der Waals surface area contributed by atoms with E-state index in [0.29, 0.717) is 5.56 Å². The summed E-state index contributed by atoms with van der Waals surface area (Å²) in [5.74, 6) is -2.34. The Morgan fingerprint density at radius 2 is 1.25 bits per heavy atom. The first-order valence-corrected chi connectivity index (χ1v) is 13.5. The molecule has 6 rings (SSSR count). The van der Waals surface area contributed by atoms with Gasteiger partial charge in [-0.05, 0) is 36.4 Å². The number of ether oxygens (including phenoxy) is 4. The van der Waals surface area contributed by atoms with Gasteiger partial charge in [0.15, 0.2) is 18.4 Å². The first kappa shape index (κ1) is 28.3. The number of carbonyl (C=O) groups excluding carboxylic acids is 3. The standard InChI is InChI=1S/C31H25N5O8/c32-29-33-30-35(16-17-36(30)31(40)34-29)25-24(44-28(39)21-14-8-3-9-15-21)23(43-27(38)20-12-6-2-7-13-20)22(42-25)18-41-26(37)19-10-4-1-5-11-19/h1-17,22-25H,18H2,(H2,32,34,40)/t22-,23+,24?,25-/m1/s1. The quantitative estimate of drug-likeness (QED) is 0.207. The molecule has 0 radical (unpaired) electrons. The number of esters is 3. The Labute approximate surface area is 249 Å². The molecule has 1 aliphatic heterocycles. The molecule has 0 bridgehead atoms. The van der Waals surface area contributed by atoms with E-state index >= 15 is 0 Å². The van der Waals surface area contributed by atoms with Gasteiger partial charge in [0.2, 0.25) is 11.7 Å². The van der Waals surface area contributed by atoms with Crippen LogP contribution in [0.2, 0.25) is 0 Å². The second-order valence-electron chi connectivity index (χ2n) is 9.74. The molecule has 13 nitrogen and oxygen atoms in total. The number of imidazole rings is 1. The van der Waals surface area contributed by atoms with Gasteiger partial charge >= 0.3 is 23.6 Å². The summed E-state index contributed by atoms with van der Waals surface area (Å²) in [6.07, 6.45) is -2.01. The van der Waals surface area contributed by atoms with E-state index in [1.54, 1.807) is 91.0 Å². The predicted molar refractivity (Wildman–Crippen MR) is 154 cm³/mol. The molecule has 44 heavy (non-hydrogen) atoms. The molecule has 0 saturated carbocycles. The maximum atomic E-state index is 13.3. The van der Waals surface area contributed by atoms with E-state index in [9.17, 15) is 19.2 Å². The van der Waals surface area contributed by atoms with Crippen LogP contribution in [0.25, 0.3) is 5.78 Å². The number of carbonyl (C=O) groups is 3. The summed E-state index contributed by atoms with van der Waals surface area (Å²) in [6, 6.07) is 24.7. The molecule has 0 spiro atoms. The summed E-state index contributed by atoms with van der Waals surface area (Å²) in [5.41, 5.74) is 5.84. The summed E-state index contributed by atoms with van der Waals surface area (Å²) in [5, 5.41) is 0. The van der Waals surface area contributed by atoms with Crippen molar-refractivity contribution in [3.63, 3.8) is 0 Å². The Morgan fingerprint density at radius 3 is 1.82 bits per heavy atom. The van der Waals surface area contributed by atoms with Gasteiger partial charge in [-0.15, -0.1) is 0 Å². The number of rotatable bonds is 8. The zero-order valence-corrected chi connectivity index (χ0v) is 23.0. The largest absolute Gasteiger partial charge is 0.459 e. The molecule has 222 valence electrons. The minimum atomic E-state index is -1.29. The molecular weight excluding hydrogens is 570 g/mol. The van der Waals surface area contributed by atoms with E-state index in [1.807, 2.05) is 0 Å². The van der Waals surface area contributed by atoms with Gasteiger partial charge in [-0.25, -0.2) is 23.6 Å². The molecule has 1 saturated heterocycles. The monoisotopic (exact) mass is 595 g/mol. The Bertz CT molecular complexity index is 1860. The minimum absolute atomic E-state index is 0.0309. The molecule has 1 fully saturated rings. The van der Waals surface area contributed by atoms with Gasteiger partial charge in [0.25, 0.3) is 0 Å². The fraction of sp³-hybridized carbons (Fsp3) is 0.161. The van der Waals surface area contributed by atoms with Crippen LogP contribution in [0, 0.1) is 0 Å². The summed E-state index contributed by atoms with van der Waals surface area (Å²) < 4.78 is 26.2. The van der Waals surface area contributed by atoms with E-state index in [2.05, 4.69) is 9.97 Å². The summed E-state index contributed by atoms with van der Waals surface area (Å²) >= 11 is 0. The average molecular weight is 596 g/mol. The van der Waals surface area contributed by atoms with Gasteiger partial charge in [-0.2, -0.15) is 9.97 Å². The normalized spacial score (nSPS) is 19.4. The average Bonchev–Trinajstić information content (AvgIpc) is 3.62. The van der Waals surface area contributed by atoms with Crippen LogP contribution in [0.15, 0.2) is 108 Å². The van der Waals surface area contributed by atoms with E-state index < -0.39 is 48.1 Å². The van der Waals surface area contributed by atoms with E-state index in [4.69, 9.17) is 24.7 Å². The lowest BCUT2D eigenvalue weighted by atomic mass is 10.1. The Kier molecular flexibility index (Phi) is 7.84. The van der Waals surface area contributed by atoms with Crippen LogP contribution in [0.1, 0.15) is 37.3 Å². The van der Waals surface area contributed by atoms with Crippen molar-refractivity contribution in [2.75, 3.05) is 12.3 Å². The molecule has 0 amide bonds. The minimum Gasteiger partial charge on any atom is -0.459 e. The van der Waals surface area contributed by atoms with Crippen molar-refractivity contribution in [3.8, 4) is 0 Å². The van der Waals surface area contributed by atoms with E-state index in [1.165, 1.54) is 17.0 Å². The third-order valence-electron chi connectivity index (χ3n) is 6.91. The number of benzene rings is 3. The molecule has 3 aromatic carbocycles. The van der Waals surface area contributed by atoms with Gasteiger partial charge in [0.05, 0.1) is 16.7 Å². The van der Waals surface area contributed by atoms with E-state index in [-0.39, 0.29) is 29.5 Å². The number of nitrogens with two attached hydrogens (primary N) is 1. The number of hydrogen-bond donors (Lipinski definition) is 1. The molecule has 0 aliphatic carbocycles. The van der Waals surface area contributed by atoms with Crippen molar-refractivity contribution in [3.05, 3.63) is 131 Å². The second kappa shape index (κ2) is 12.2. The lowest BCUT2D eigenvalue weighted by molar-refractivity contribution is -0.0606. The maximum absolute atomic E-state index is 13.3. The van der Waals surface area contributed by atoms with Gasteiger partial charge in [0.1, 0.15) is 12.7 Å². The van der Waals surface area contributed by atoms with Crippen LogP contribution in [-0.4, -0.2) is 61.8 Å². The first-order valence-electron chi connectivity index (χ1n) is 13.5. The van der Waals surface area contributed by atoms with Crippen molar-refractivity contribution < 1.29 is 33.3 Å². The SMILES string of the molecule is Nc1nc(=O)n2ccn([C@@H]3O[C@H](COC(=O)c4ccccc4)[C@H](OC(=O)c4ccccc4)C3OC(=O)c3ccccc3)c2n1. The topological polar surface area (TPSA) is 166 Å². The van der Waals surface area contributed by atoms with Gasteiger partial charge in [-0.3, -0.25) is 4.57 Å². The number of fused-ring (bicyclic) bond motifs is 1. The van der Waals surface area contributed by atoms with Crippen LogP contribution >= 0.6 is 0 Å². The summed E-state index contributed by atoms with van der Waals surface area (Å²) in [4.78, 5) is 59.7. The van der Waals surface area contributed by atoms with Crippen molar-refractivity contribution >= 4 is 29.6 Å². The summed E-state index contributed by atoms with van der Waals surface area (Å²) in [7, 11) is 0. The first-order chi connectivity index (χ1) is 21.4. The lowest BCUT2D eigenvalue weighted by Crippen LogP contribution is -2.41. The highest BCUT2D eigenvalue weighted by Gasteiger charge is 2.51. The van der Waals surface area contributed by atoms with Gasteiger partial charge in [-0.1, -0.05) is 54.6 Å². The molecule has 5 aromatic rings. The molecule has 1 unspecified atom stereocenters. The molecule has 2 N–H and O–H groups in total. The maximum Gasteiger partial charge on any atom is 0.357 e. The number of nitrogen functional groups attached to an aromatic ring is 1. The van der Waals surface area contributed by atoms with Crippen molar-refractivity contribution in [1.82, 2.24) is 18.9 Å². The number of anilines is 1. The Morgan fingerprint density at radius 1 is 0.727 bits per heavy atom. The number of aromatic nitrogens is 4.